The van der Waals surface area contributed by atoms with Crippen molar-refractivity contribution in [1.29, 1.82) is 0 Å². The third-order valence-electron chi connectivity index (χ3n) is 5.24. The molecule has 1 heterocycles. The molecule has 2 aromatic carbocycles. The van der Waals surface area contributed by atoms with Crippen molar-refractivity contribution in [3.05, 3.63) is 78.4 Å². The zero-order valence-electron chi connectivity index (χ0n) is 17.7. The molecular weight excluding hydrogens is 378 g/mol. The summed E-state index contributed by atoms with van der Waals surface area (Å²) in [5, 5.41) is 7.02. The van der Waals surface area contributed by atoms with Gasteiger partial charge in [-0.05, 0) is 42.7 Å². The second kappa shape index (κ2) is 9.35. The molecule has 1 aromatic heterocycles. The number of rotatable bonds is 7. The number of hydrogen-bond donors (Lipinski definition) is 1. The molecule has 2 unspecified atom stereocenters. The van der Waals surface area contributed by atoms with Crippen LogP contribution in [0.5, 0.6) is 0 Å². The number of amides is 2. The largest absolute Gasteiger partial charge is 0.340 e. The van der Waals surface area contributed by atoms with E-state index in [4.69, 9.17) is 0 Å². The molecule has 7 nitrogen and oxygen atoms in total. The Bertz CT molecular complexity index is 969. The third kappa shape index (κ3) is 4.74. The highest BCUT2D eigenvalue weighted by molar-refractivity contribution is 5.97. The summed E-state index contributed by atoms with van der Waals surface area (Å²) in [4.78, 5) is 31.4. The van der Waals surface area contributed by atoms with Gasteiger partial charge < -0.3 is 10.2 Å². The Morgan fingerprint density at radius 3 is 2.23 bits per heavy atom. The van der Waals surface area contributed by atoms with Gasteiger partial charge in [-0.15, -0.1) is 0 Å². The molecule has 0 fully saturated rings. The first kappa shape index (κ1) is 21.2. The van der Waals surface area contributed by atoms with Gasteiger partial charge in [-0.3, -0.25) is 9.59 Å². The van der Waals surface area contributed by atoms with E-state index in [-0.39, 0.29) is 23.8 Å². The molecule has 0 bridgehead atoms. The van der Waals surface area contributed by atoms with E-state index >= 15 is 0 Å². The molecule has 0 saturated heterocycles. The molecule has 3 rings (SSSR count). The van der Waals surface area contributed by atoms with Crippen molar-refractivity contribution in [3.8, 4) is 5.69 Å². The Morgan fingerprint density at radius 1 is 1.00 bits per heavy atom. The highest BCUT2D eigenvalue weighted by Gasteiger charge is 2.29. The summed E-state index contributed by atoms with van der Waals surface area (Å²) in [5.74, 6) is -0.419. The number of nitrogens with zero attached hydrogens (tertiary/aromatic N) is 4. The Morgan fingerprint density at radius 2 is 1.67 bits per heavy atom. The second-order valence-electron chi connectivity index (χ2n) is 7.62. The van der Waals surface area contributed by atoms with Crippen LogP contribution in [0.4, 0.5) is 0 Å². The molecule has 0 saturated carbocycles. The van der Waals surface area contributed by atoms with Crippen LogP contribution in [-0.4, -0.2) is 44.6 Å². The molecule has 2 atom stereocenters. The Hall–Kier alpha value is -3.48. The molecule has 2 amide bonds. The summed E-state index contributed by atoms with van der Waals surface area (Å²) >= 11 is 0. The van der Waals surface area contributed by atoms with Gasteiger partial charge in [-0.25, -0.2) is 9.67 Å². The second-order valence-corrected chi connectivity index (χ2v) is 7.62. The van der Waals surface area contributed by atoms with Crippen LogP contribution < -0.4 is 5.32 Å². The van der Waals surface area contributed by atoms with Crippen molar-refractivity contribution in [1.82, 2.24) is 25.0 Å². The topological polar surface area (TPSA) is 80.1 Å². The molecule has 0 aliphatic heterocycles. The quantitative estimate of drug-likeness (QED) is 0.654. The molecule has 3 aromatic rings. The molecule has 156 valence electrons. The lowest BCUT2D eigenvalue weighted by molar-refractivity contribution is -0.135. The van der Waals surface area contributed by atoms with Crippen LogP contribution in [0.1, 0.15) is 42.7 Å². The van der Waals surface area contributed by atoms with Gasteiger partial charge in [0.2, 0.25) is 5.91 Å². The highest BCUT2D eigenvalue weighted by atomic mass is 16.2. The molecular formula is C23H27N5O2. The molecule has 0 aliphatic rings. The average Bonchev–Trinajstić information content (AvgIpc) is 3.31. The summed E-state index contributed by atoms with van der Waals surface area (Å²) in [6.07, 6.45) is 3.12. The van der Waals surface area contributed by atoms with Crippen molar-refractivity contribution in [2.75, 3.05) is 7.05 Å². The first-order valence-corrected chi connectivity index (χ1v) is 9.96. The lowest BCUT2D eigenvalue weighted by atomic mass is 10.00. The van der Waals surface area contributed by atoms with Gasteiger partial charge in [0.05, 0.1) is 11.7 Å². The van der Waals surface area contributed by atoms with Crippen molar-refractivity contribution in [2.45, 2.75) is 32.9 Å². The minimum atomic E-state index is -0.612. The smallest absolute Gasteiger partial charge is 0.251 e. The van der Waals surface area contributed by atoms with Crippen LogP contribution in [0.25, 0.3) is 5.69 Å². The summed E-state index contributed by atoms with van der Waals surface area (Å²) in [5.41, 5.74) is 2.43. The Labute approximate surface area is 176 Å². The minimum Gasteiger partial charge on any atom is -0.340 e. The lowest BCUT2D eigenvalue weighted by Crippen LogP contribution is -2.50. The van der Waals surface area contributed by atoms with Gasteiger partial charge in [0.15, 0.2) is 0 Å². The predicted molar refractivity (Wildman–Crippen MR) is 115 cm³/mol. The van der Waals surface area contributed by atoms with Crippen molar-refractivity contribution < 1.29 is 9.59 Å². The van der Waals surface area contributed by atoms with Crippen LogP contribution in [0.15, 0.2) is 67.3 Å². The maximum atomic E-state index is 13.2. The van der Waals surface area contributed by atoms with Gasteiger partial charge in [-0.1, -0.05) is 44.2 Å². The van der Waals surface area contributed by atoms with Crippen LogP contribution in [0, 0.1) is 5.92 Å². The van der Waals surface area contributed by atoms with Gasteiger partial charge in [-0.2, -0.15) is 5.10 Å². The maximum Gasteiger partial charge on any atom is 0.251 e. The van der Waals surface area contributed by atoms with E-state index in [1.54, 1.807) is 47.2 Å². The van der Waals surface area contributed by atoms with E-state index in [1.807, 2.05) is 51.1 Å². The zero-order valence-corrected chi connectivity index (χ0v) is 17.7. The number of carbonyl (C=O) groups is 2. The number of aromatic nitrogens is 3. The normalized spacial score (nSPS) is 13.0. The van der Waals surface area contributed by atoms with Gasteiger partial charge in [0.1, 0.15) is 18.7 Å². The number of hydrogen-bond acceptors (Lipinski definition) is 4. The van der Waals surface area contributed by atoms with Crippen LogP contribution in [0.2, 0.25) is 0 Å². The standard InChI is InChI=1S/C23H27N5O2/c1-16(2)21(26-22(29)19-8-6-5-7-9-19)23(30)27(4)17(3)18-10-12-20(13-11-18)28-15-24-14-25-28/h5-17,21H,1-4H3,(H,26,29). The summed E-state index contributed by atoms with van der Waals surface area (Å²) in [6.45, 7) is 5.83. The number of carbonyl (C=O) groups excluding carboxylic acids is 2. The Kier molecular flexibility index (Phi) is 6.61. The monoisotopic (exact) mass is 405 g/mol. The lowest BCUT2D eigenvalue weighted by Gasteiger charge is -2.31. The number of nitrogens with one attached hydrogen (secondary N) is 1. The van der Waals surface area contributed by atoms with Crippen LogP contribution in [0.3, 0.4) is 0 Å². The van der Waals surface area contributed by atoms with Crippen LogP contribution in [-0.2, 0) is 4.79 Å². The summed E-state index contributed by atoms with van der Waals surface area (Å²) in [6, 6.07) is 16.0. The predicted octanol–water partition coefficient (Wildman–Crippen LogP) is 3.24. The summed E-state index contributed by atoms with van der Waals surface area (Å²) in [7, 11) is 1.77. The first-order chi connectivity index (χ1) is 14.4. The van der Waals surface area contributed by atoms with Crippen LogP contribution >= 0.6 is 0 Å². The minimum absolute atomic E-state index is 0.0468. The fourth-order valence-corrected chi connectivity index (χ4v) is 3.21. The summed E-state index contributed by atoms with van der Waals surface area (Å²) < 4.78 is 1.68. The third-order valence-corrected chi connectivity index (χ3v) is 5.24. The molecule has 0 radical (unpaired) electrons. The Balaban J connectivity index is 1.72. The SMILES string of the molecule is CC(C)C(NC(=O)c1ccccc1)C(=O)N(C)C(C)c1ccc(-n2cncn2)cc1. The number of likely N-dealkylation sites (N-methyl/N-ethyl adjacent to an activating group) is 1. The molecule has 30 heavy (non-hydrogen) atoms. The fourth-order valence-electron chi connectivity index (χ4n) is 3.21. The van der Waals surface area contributed by atoms with E-state index in [0.717, 1.165) is 11.3 Å². The molecule has 0 spiro atoms. The average molecular weight is 406 g/mol. The van der Waals surface area contributed by atoms with E-state index in [2.05, 4.69) is 15.4 Å². The van der Waals surface area contributed by atoms with E-state index in [9.17, 15) is 9.59 Å². The first-order valence-electron chi connectivity index (χ1n) is 9.96. The van der Waals surface area contributed by atoms with E-state index < -0.39 is 6.04 Å². The maximum absolute atomic E-state index is 13.2. The van der Waals surface area contributed by atoms with Crippen molar-refractivity contribution in [3.63, 3.8) is 0 Å². The molecule has 0 aliphatic carbocycles. The number of benzene rings is 2. The van der Waals surface area contributed by atoms with Gasteiger partial charge in [0.25, 0.3) is 5.91 Å². The van der Waals surface area contributed by atoms with E-state index in [0.29, 0.717) is 5.56 Å². The van der Waals surface area contributed by atoms with Crippen molar-refractivity contribution in [2.24, 2.45) is 5.92 Å². The molecule has 1 N–H and O–H groups in total. The van der Waals surface area contributed by atoms with Gasteiger partial charge >= 0.3 is 0 Å². The fraction of sp³-hybridized carbons (Fsp3) is 0.304. The highest BCUT2D eigenvalue weighted by Crippen LogP contribution is 2.22. The van der Waals surface area contributed by atoms with Gasteiger partial charge in [0, 0.05) is 12.6 Å². The zero-order chi connectivity index (χ0) is 21.7. The molecule has 7 heteroatoms. The van der Waals surface area contributed by atoms with Crippen molar-refractivity contribution >= 4 is 11.8 Å². The van der Waals surface area contributed by atoms with E-state index in [1.165, 1.54) is 6.33 Å².